The molecule has 0 radical (unpaired) electrons. The van der Waals surface area contributed by atoms with Gasteiger partial charge in [-0.3, -0.25) is 9.59 Å². The normalized spacial score (nSPS) is 15.0. The number of hydrogen-bond donors (Lipinski definition) is 2. The summed E-state index contributed by atoms with van der Waals surface area (Å²) in [6.45, 7) is 4.44. The number of carbonyl (C=O) groups is 2. The predicted molar refractivity (Wildman–Crippen MR) is 90.4 cm³/mol. The Morgan fingerprint density at radius 1 is 1.17 bits per heavy atom. The Bertz CT molecular complexity index is 534. The van der Waals surface area contributed by atoms with E-state index in [2.05, 4.69) is 17.2 Å². The van der Waals surface area contributed by atoms with Gasteiger partial charge in [0.2, 0.25) is 5.91 Å². The van der Waals surface area contributed by atoms with Crippen molar-refractivity contribution in [1.82, 2.24) is 5.32 Å². The third-order valence-corrected chi connectivity index (χ3v) is 3.89. The van der Waals surface area contributed by atoms with E-state index in [0.717, 1.165) is 12.8 Å². The van der Waals surface area contributed by atoms with Gasteiger partial charge in [-0.15, -0.1) is 0 Å². The molecule has 0 saturated heterocycles. The van der Waals surface area contributed by atoms with Crippen LogP contribution in [0.25, 0.3) is 0 Å². The second kappa shape index (κ2) is 9.10. The summed E-state index contributed by atoms with van der Waals surface area (Å²) in [6.07, 6.45) is 7.61. The van der Waals surface area contributed by atoms with Crippen LogP contribution < -0.4 is 10.6 Å². The summed E-state index contributed by atoms with van der Waals surface area (Å²) in [4.78, 5) is 23.2. The van der Waals surface area contributed by atoms with E-state index < -0.39 is 0 Å². The predicted octanol–water partition coefficient (Wildman–Crippen LogP) is 2.89. The molecule has 5 heteroatoms. The number of benzene rings is 1. The molecule has 0 heterocycles. The fourth-order valence-corrected chi connectivity index (χ4v) is 2.62. The molecule has 1 saturated carbocycles. The van der Waals surface area contributed by atoms with Gasteiger partial charge in [-0.25, -0.2) is 0 Å². The molecule has 2 N–H and O–H groups in total. The minimum absolute atomic E-state index is 0.140. The second-order valence-electron chi connectivity index (χ2n) is 5.66. The molecule has 0 atom stereocenters. The molecule has 0 spiro atoms. The van der Waals surface area contributed by atoms with E-state index in [1.807, 2.05) is 0 Å². The maximum absolute atomic E-state index is 12.0. The van der Waals surface area contributed by atoms with E-state index in [-0.39, 0.29) is 11.8 Å². The van der Waals surface area contributed by atoms with Crippen molar-refractivity contribution in [2.45, 2.75) is 38.2 Å². The summed E-state index contributed by atoms with van der Waals surface area (Å²) < 4.78 is 5.77. The van der Waals surface area contributed by atoms with Gasteiger partial charge < -0.3 is 15.4 Å². The second-order valence-corrected chi connectivity index (χ2v) is 5.66. The summed E-state index contributed by atoms with van der Waals surface area (Å²) in [6, 6.07) is 6.73. The molecule has 1 aromatic carbocycles. The van der Waals surface area contributed by atoms with Crippen molar-refractivity contribution in [3.8, 4) is 0 Å². The average Bonchev–Trinajstić information content (AvgIpc) is 2.60. The summed E-state index contributed by atoms with van der Waals surface area (Å²) >= 11 is 0. The Morgan fingerprint density at radius 3 is 2.52 bits per heavy atom. The molecule has 1 aliphatic rings. The Hall–Kier alpha value is -2.14. The van der Waals surface area contributed by atoms with E-state index in [9.17, 15) is 9.59 Å². The molecular weight excluding hydrogens is 292 g/mol. The van der Waals surface area contributed by atoms with Crippen LogP contribution in [0.1, 0.15) is 42.5 Å². The number of anilines is 1. The molecule has 0 aromatic heterocycles. The van der Waals surface area contributed by atoms with Crippen molar-refractivity contribution < 1.29 is 14.3 Å². The first-order valence-corrected chi connectivity index (χ1v) is 8.12. The zero-order chi connectivity index (χ0) is 16.5. The van der Waals surface area contributed by atoms with Crippen molar-refractivity contribution in [1.29, 1.82) is 0 Å². The smallest absolute Gasteiger partial charge is 0.251 e. The molecule has 0 unspecified atom stereocenters. The van der Waals surface area contributed by atoms with Crippen molar-refractivity contribution in [2.75, 3.05) is 18.5 Å². The highest BCUT2D eigenvalue weighted by atomic mass is 16.5. The summed E-state index contributed by atoms with van der Waals surface area (Å²) in [5.74, 6) is -0.416. The van der Waals surface area contributed by atoms with E-state index >= 15 is 0 Å². The molecule has 1 aliphatic carbocycles. The van der Waals surface area contributed by atoms with Gasteiger partial charge in [0.1, 0.15) is 0 Å². The van der Waals surface area contributed by atoms with E-state index in [4.69, 9.17) is 4.74 Å². The highest BCUT2D eigenvalue weighted by molar-refractivity contribution is 5.99. The Balaban J connectivity index is 1.70. The maximum Gasteiger partial charge on any atom is 0.251 e. The van der Waals surface area contributed by atoms with Crippen LogP contribution in [0.5, 0.6) is 0 Å². The molecule has 0 bridgehead atoms. The standard InChI is InChI=1S/C18H24N2O3/c1-2-17(21)20-15-10-8-14(9-11-15)18(22)19-12-13-23-16-6-4-3-5-7-16/h2,8-11,16H,1,3-7,12-13H2,(H,19,22)(H,20,21). The number of amides is 2. The largest absolute Gasteiger partial charge is 0.376 e. The van der Waals surface area contributed by atoms with Crippen LogP contribution >= 0.6 is 0 Å². The van der Waals surface area contributed by atoms with E-state index in [0.29, 0.717) is 30.5 Å². The van der Waals surface area contributed by atoms with Crippen LogP contribution in [0.2, 0.25) is 0 Å². The van der Waals surface area contributed by atoms with E-state index in [1.165, 1.54) is 25.3 Å². The van der Waals surface area contributed by atoms with Crippen LogP contribution in [0.4, 0.5) is 5.69 Å². The molecule has 0 aliphatic heterocycles. The molecule has 2 rings (SSSR count). The first kappa shape index (κ1) is 17.2. The highest BCUT2D eigenvalue weighted by Crippen LogP contribution is 2.19. The van der Waals surface area contributed by atoms with Gasteiger partial charge in [0.05, 0.1) is 12.7 Å². The third-order valence-electron chi connectivity index (χ3n) is 3.89. The van der Waals surface area contributed by atoms with Crippen LogP contribution in [-0.4, -0.2) is 31.1 Å². The minimum atomic E-state index is -0.276. The van der Waals surface area contributed by atoms with Crippen molar-refractivity contribution in [3.63, 3.8) is 0 Å². The molecule has 1 aromatic rings. The minimum Gasteiger partial charge on any atom is -0.376 e. The molecule has 124 valence electrons. The lowest BCUT2D eigenvalue weighted by Crippen LogP contribution is -2.29. The SMILES string of the molecule is C=CC(=O)Nc1ccc(C(=O)NCCOC2CCCCC2)cc1. The topological polar surface area (TPSA) is 67.4 Å². The molecule has 23 heavy (non-hydrogen) atoms. The zero-order valence-electron chi connectivity index (χ0n) is 13.3. The van der Waals surface area contributed by atoms with Gasteiger partial charge in [0, 0.05) is 17.8 Å². The lowest BCUT2D eigenvalue weighted by atomic mass is 9.98. The monoisotopic (exact) mass is 316 g/mol. The molecule has 2 amide bonds. The number of nitrogens with one attached hydrogen (secondary N) is 2. The van der Waals surface area contributed by atoms with Crippen LogP contribution in [0, 0.1) is 0 Å². The third kappa shape index (κ3) is 5.87. The van der Waals surface area contributed by atoms with Gasteiger partial charge in [0.15, 0.2) is 0 Å². The number of carbonyl (C=O) groups excluding carboxylic acids is 2. The lowest BCUT2D eigenvalue weighted by molar-refractivity contribution is -0.111. The van der Waals surface area contributed by atoms with Crippen LogP contribution in [-0.2, 0) is 9.53 Å². The van der Waals surface area contributed by atoms with Gasteiger partial charge in [-0.1, -0.05) is 25.8 Å². The zero-order valence-corrected chi connectivity index (χ0v) is 13.3. The summed E-state index contributed by atoms with van der Waals surface area (Å²) in [7, 11) is 0. The highest BCUT2D eigenvalue weighted by Gasteiger charge is 2.13. The van der Waals surface area contributed by atoms with Gasteiger partial charge in [-0.05, 0) is 43.2 Å². The molecule has 1 fully saturated rings. The van der Waals surface area contributed by atoms with Gasteiger partial charge in [0.25, 0.3) is 5.91 Å². The fraction of sp³-hybridized carbons (Fsp3) is 0.444. The van der Waals surface area contributed by atoms with E-state index in [1.54, 1.807) is 24.3 Å². The molecule has 5 nitrogen and oxygen atoms in total. The number of ether oxygens (including phenoxy) is 1. The van der Waals surface area contributed by atoms with Crippen LogP contribution in [0.3, 0.4) is 0 Å². The molecular formula is C18H24N2O3. The van der Waals surface area contributed by atoms with Crippen molar-refractivity contribution >= 4 is 17.5 Å². The number of hydrogen-bond acceptors (Lipinski definition) is 3. The average molecular weight is 316 g/mol. The van der Waals surface area contributed by atoms with Crippen LogP contribution in [0.15, 0.2) is 36.9 Å². The van der Waals surface area contributed by atoms with Crippen molar-refractivity contribution in [2.24, 2.45) is 0 Å². The van der Waals surface area contributed by atoms with Gasteiger partial charge in [-0.2, -0.15) is 0 Å². The Labute approximate surface area is 137 Å². The van der Waals surface area contributed by atoms with Crippen molar-refractivity contribution in [3.05, 3.63) is 42.5 Å². The Kier molecular flexibility index (Phi) is 6.81. The summed E-state index contributed by atoms with van der Waals surface area (Å²) in [5.41, 5.74) is 1.19. The first-order valence-electron chi connectivity index (χ1n) is 8.12. The quantitative estimate of drug-likeness (QED) is 0.600. The lowest BCUT2D eigenvalue weighted by Gasteiger charge is -2.22. The Morgan fingerprint density at radius 2 is 1.87 bits per heavy atom. The fourth-order valence-electron chi connectivity index (χ4n) is 2.62. The first-order chi connectivity index (χ1) is 11.2. The number of rotatable bonds is 7. The van der Waals surface area contributed by atoms with Gasteiger partial charge >= 0.3 is 0 Å². The maximum atomic E-state index is 12.0. The summed E-state index contributed by atoms with van der Waals surface area (Å²) in [5, 5.41) is 5.48.